The van der Waals surface area contributed by atoms with Crippen LogP contribution >= 0.6 is 24.0 Å². The van der Waals surface area contributed by atoms with Crippen molar-refractivity contribution in [1.29, 1.82) is 0 Å². The minimum Gasteiger partial charge on any atom is -0.370 e. The van der Waals surface area contributed by atoms with Crippen molar-refractivity contribution in [1.82, 2.24) is 15.5 Å². The first kappa shape index (κ1) is 24.1. The molecule has 0 radical (unpaired) electrons. The molecule has 7 heteroatoms. The van der Waals surface area contributed by atoms with Crippen LogP contribution in [0.1, 0.15) is 40.1 Å². The lowest BCUT2D eigenvalue weighted by molar-refractivity contribution is -0.00834. The molecular weight excluding hydrogens is 491 g/mol. The van der Waals surface area contributed by atoms with Gasteiger partial charge in [0.15, 0.2) is 5.96 Å². The average molecular weight is 522 g/mol. The molecule has 0 bridgehead atoms. The van der Waals surface area contributed by atoms with Crippen molar-refractivity contribution in [3.05, 3.63) is 70.8 Å². The van der Waals surface area contributed by atoms with Crippen LogP contribution in [0.25, 0.3) is 0 Å². The molecule has 2 aromatic carbocycles. The molecule has 0 aliphatic carbocycles. The van der Waals surface area contributed by atoms with Gasteiger partial charge in [0.05, 0.1) is 13.2 Å². The number of nitrogens with one attached hydrogen (secondary N) is 2. The van der Waals surface area contributed by atoms with Gasteiger partial charge in [0.25, 0.3) is 5.91 Å². The third-order valence-corrected chi connectivity index (χ3v) is 5.09. The second-order valence-corrected chi connectivity index (χ2v) is 7.12. The van der Waals surface area contributed by atoms with E-state index in [9.17, 15) is 4.79 Å². The Morgan fingerprint density at radius 2 is 2.00 bits per heavy atom. The zero-order valence-electron chi connectivity index (χ0n) is 17.9. The maximum absolute atomic E-state index is 12.1. The topological polar surface area (TPSA) is 66.0 Å². The Bertz CT molecular complexity index is 872. The van der Waals surface area contributed by atoms with E-state index in [0.717, 1.165) is 24.6 Å². The summed E-state index contributed by atoms with van der Waals surface area (Å²) in [4.78, 5) is 18.8. The van der Waals surface area contributed by atoms with Crippen LogP contribution in [0, 0.1) is 6.92 Å². The summed E-state index contributed by atoms with van der Waals surface area (Å²) in [7, 11) is 1.80. The Morgan fingerprint density at radius 1 is 1.20 bits per heavy atom. The van der Waals surface area contributed by atoms with Crippen molar-refractivity contribution in [3.8, 4) is 0 Å². The number of amides is 1. The summed E-state index contributed by atoms with van der Waals surface area (Å²) in [6.45, 7) is 7.46. The third-order valence-electron chi connectivity index (χ3n) is 5.09. The smallest absolute Gasteiger partial charge is 0.251 e. The molecule has 1 amide bonds. The lowest BCUT2D eigenvalue weighted by Crippen LogP contribution is -2.48. The predicted octanol–water partition coefficient (Wildman–Crippen LogP) is 3.51. The molecule has 1 fully saturated rings. The highest BCUT2D eigenvalue weighted by Crippen LogP contribution is 2.25. The highest BCUT2D eigenvalue weighted by atomic mass is 127. The van der Waals surface area contributed by atoms with Gasteiger partial charge in [0, 0.05) is 32.2 Å². The molecule has 0 saturated carbocycles. The zero-order chi connectivity index (χ0) is 20.6. The fraction of sp³-hybridized carbons (Fsp3) is 0.391. The number of rotatable bonds is 5. The van der Waals surface area contributed by atoms with E-state index in [-0.39, 0.29) is 36.0 Å². The number of hydrogen-bond donors (Lipinski definition) is 2. The van der Waals surface area contributed by atoms with Crippen LogP contribution in [0.15, 0.2) is 53.5 Å². The molecule has 1 heterocycles. The number of ether oxygens (including phenoxy) is 1. The molecule has 3 rings (SSSR count). The van der Waals surface area contributed by atoms with E-state index in [4.69, 9.17) is 4.74 Å². The maximum atomic E-state index is 12.1. The first-order valence-corrected chi connectivity index (χ1v) is 10.1. The number of carbonyl (C=O) groups excluding carboxylic acids is 1. The summed E-state index contributed by atoms with van der Waals surface area (Å²) in [5, 5.41) is 6.27. The fourth-order valence-corrected chi connectivity index (χ4v) is 3.58. The largest absolute Gasteiger partial charge is 0.370 e. The number of benzene rings is 2. The summed E-state index contributed by atoms with van der Waals surface area (Å²) in [5.41, 5.74) is 4.18. The van der Waals surface area contributed by atoms with Gasteiger partial charge in [0.2, 0.25) is 0 Å². The van der Waals surface area contributed by atoms with Crippen molar-refractivity contribution in [2.75, 3.05) is 33.3 Å². The molecule has 6 nitrogen and oxygen atoms in total. The number of hydrogen-bond acceptors (Lipinski definition) is 3. The Kier molecular flexibility index (Phi) is 9.58. The second kappa shape index (κ2) is 11.9. The van der Waals surface area contributed by atoms with Gasteiger partial charge in [-0.1, -0.05) is 36.4 Å². The second-order valence-electron chi connectivity index (χ2n) is 7.12. The molecule has 1 saturated heterocycles. The molecule has 1 unspecified atom stereocenters. The molecule has 162 valence electrons. The number of guanidine groups is 1. The monoisotopic (exact) mass is 522 g/mol. The molecule has 0 spiro atoms. The van der Waals surface area contributed by atoms with E-state index in [1.54, 1.807) is 7.05 Å². The molecule has 30 heavy (non-hydrogen) atoms. The molecule has 2 N–H and O–H groups in total. The van der Waals surface area contributed by atoms with Crippen molar-refractivity contribution in [2.45, 2.75) is 26.5 Å². The van der Waals surface area contributed by atoms with Gasteiger partial charge in [-0.25, -0.2) is 0 Å². The summed E-state index contributed by atoms with van der Waals surface area (Å²) in [6.07, 6.45) is 0.0320. The molecule has 2 aromatic rings. The van der Waals surface area contributed by atoms with Gasteiger partial charge in [-0.2, -0.15) is 0 Å². The van der Waals surface area contributed by atoms with Crippen molar-refractivity contribution < 1.29 is 9.53 Å². The normalized spacial score (nSPS) is 16.6. The minimum atomic E-state index is -0.0482. The predicted molar refractivity (Wildman–Crippen MR) is 132 cm³/mol. The van der Waals surface area contributed by atoms with E-state index >= 15 is 0 Å². The van der Waals surface area contributed by atoms with E-state index < -0.39 is 0 Å². The van der Waals surface area contributed by atoms with Crippen molar-refractivity contribution in [2.24, 2.45) is 4.99 Å². The van der Waals surface area contributed by atoms with Crippen LogP contribution in [-0.2, 0) is 11.3 Å². The average Bonchev–Trinajstić information content (AvgIpc) is 2.75. The van der Waals surface area contributed by atoms with Gasteiger partial charge < -0.3 is 20.3 Å². The lowest BCUT2D eigenvalue weighted by Gasteiger charge is -2.35. The summed E-state index contributed by atoms with van der Waals surface area (Å²) < 4.78 is 6.03. The number of aliphatic imine (C=N–C) groups is 1. The number of carbonyl (C=O) groups is 1. The van der Waals surface area contributed by atoms with Crippen LogP contribution in [0.5, 0.6) is 0 Å². The SMILES string of the molecule is CCNC(=O)c1cccc(CNC(=NC)N2CCOC(c3ccccc3C)C2)c1.I. The zero-order valence-corrected chi connectivity index (χ0v) is 20.2. The molecule has 0 aromatic heterocycles. The van der Waals surface area contributed by atoms with Gasteiger partial charge in [-0.3, -0.25) is 9.79 Å². The molecule has 1 aliphatic rings. The highest BCUT2D eigenvalue weighted by molar-refractivity contribution is 14.0. The van der Waals surface area contributed by atoms with E-state index in [1.165, 1.54) is 11.1 Å². The highest BCUT2D eigenvalue weighted by Gasteiger charge is 2.25. The Morgan fingerprint density at radius 3 is 2.73 bits per heavy atom. The molecular formula is C23H31IN4O2. The van der Waals surface area contributed by atoms with Gasteiger partial charge in [-0.15, -0.1) is 24.0 Å². The van der Waals surface area contributed by atoms with E-state index in [1.807, 2.05) is 31.2 Å². The van der Waals surface area contributed by atoms with E-state index in [2.05, 4.69) is 51.7 Å². The molecule has 1 aliphatic heterocycles. The standard InChI is InChI=1S/C23H30N4O2.HI/c1-4-25-22(28)19-10-7-9-18(14-19)15-26-23(24-3)27-12-13-29-21(16-27)20-11-6-5-8-17(20)2;/h5-11,14,21H,4,12-13,15-16H2,1-3H3,(H,24,26)(H,25,28);1H. The fourth-order valence-electron chi connectivity index (χ4n) is 3.58. The van der Waals surface area contributed by atoms with Crippen LogP contribution < -0.4 is 10.6 Å². The lowest BCUT2D eigenvalue weighted by atomic mass is 10.0. The number of nitrogens with zero attached hydrogens (tertiary/aromatic N) is 2. The third kappa shape index (κ3) is 6.18. The van der Waals surface area contributed by atoms with Crippen LogP contribution in [0.3, 0.4) is 0 Å². The van der Waals surface area contributed by atoms with Crippen molar-refractivity contribution >= 4 is 35.8 Å². The van der Waals surface area contributed by atoms with E-state index in [0.29, 0.717) is 25.3 Å². The van der Waals surface area contributed by atoms with Crippen molar-refractivity contribution in [3.63, 3.8) is 0 Å². The minimum absolute atomic E-state index is 0. The Hall–Kier alpha value is -2.13. The van der Waals surface area contributed by atoms with Crippen LogP contribution in [0.2, 0.25) is 0 Å². The number of aryl methyl sites for hydroxylation is 1. The summed E-state index contributed by atoms with van der Waals surface area (Å²) in [6, 6.07) is 16.0. The number of morpholine rings is 1. The summed E-state index contributed by atoms with van der Waals surface area (Å²) >= 11 is 0. The quantitative estimate of drug-likeness (QED) is 0.359. The first-order valence-electron chi connectivity index (χ1n) is 10.1. The molecule has 1 atom stereocenters. The Balaban J connectivity index is 0.00000320. The Labute approximate surface area is 196 Å². The van der Waals surface area contributed by atoms with Gasteiger partial charge in [0.1, 0.15) is 6.10 Å². The number of halogens is 1. The van der Waals surface area contributed by atoms with Gasteiger partial charge in [-0.05, 0) is 42.7 Å². The summed E-state index contributed by atoms with van der Waals surface area (Å²) in [5.74, 6) is 0.795. The van der Waals surface area contributed by atoms with Crippen LogP contribution in [0.4, 0.5) is 0 Å². The van der Waals surface area contributed by atoms with Gasteiger partial charge >= 0.3 is 0 Å². The first-order chi connectivity index (χ1) is 14.1. The maximum Gasteiger partial charge on any atom is 0.251 e. The van der Waals surface area contributed by atoms with Crippen LogP contribution in [-0.4, -0.2) is 50.1 Å².